The normalized spacial score (nSPS) is 51.4. The number of carbonyl (C=O) groups excluding carboxylic acids is 1. The molecule has 2 heteroatoms. The van der Waals surface area contributed by atoms with Crippen molar-refractivity contribution < 1.29 is 9.90 Å². The van der Waals surface area contributed by atoms with E-state index in [1.54, 1.807) is 5.57 Å². The zero-order chi connectivity index (χ0) is 15.5. The molecule has 3 saturated carbocycles. The third-order valence-electron chi connectivity index (χ3n) is 8.08. The highest BCUT2D eigenvalue weighted by molar-refractivity contribution is 5.87. The molecule has 4 rings (SSSR count). The van der Waals surface area contributed by atoms with Gasteiger partial charge in [0.2, 0.25) is 0 Å². The summed E-state index contributed by atoms with van der Waals surface area (Å²) >= 11 is 0. The molecule has 0 amide bonds. The highest BCUT2D eigenvalue weighted by atomic mass is 16.3. The summed E-state index contributed by atoms with van der Waals surface area (Å²) in [6.45, 7) is 4.72. The molecule has 6 atom stereocenters. The molecule has 2 nitrogen and oxygen atoms in total. The van der Waals surface area contributed by atoms with Gasteiger partial charge in [-0.15, -0.1) is 0 Å². The summed E-state index contributed by atoms with van der Waals surface area (Å²) in [5, 5.41) is 10.1. The van der Waals surface area contributed by atoms with Gasteiger partial charge in [0.1, 0.15) is 5.78 Å². The lowest BCUT2D eigenvalue weighted by molar-refractivity contribution is -0.131. The molecule has 4 aliphatic carbocycles. The molecule has 0 bridgehead atoms. The Morgan fingerprint density at radius 2 is 1.73 bits per heavy atom. The van der Waals surface area contributed by atoms with Crippen LogP contribution in [0.2, 0.25) is 0 Å². The molecule has 3 unspecified atom stereocenters. The first kappa shape index (κ1) is 14.9. The fourth-order valence-corrected chi connectivity index (χ4v) is 6.59. The van der Waals surface area contributed by atoms with E-state index in [2.05, 4.69) is 19.9 Å². The van der Waals surface area contributed by atoms with Crippen LogP contribution in [0.4, 0.5) is 0 Å². The number of ketones is 1. The minimum absolute atomic E-state index is 0.0207. The van der Waals surface area contributed by atoms with Crippen molar-refractivity contribution in [3.05, 3.63) is 11.6 Å². The van der Waals surface area contributed by atoms with Crippen LogP contribution >= 0.6 is 0 Å². The average Bonchev–Trinajstić information content (AvgIpc) is 2.70. The molecular formula is C20H30O2. The molecule has 122 valence electrons. The molecular weight excluding hydrogens is 272 g/mol. The van der Waals surface area contributed by atoms with Gasteiger partial charge in [0.05, 0.1) is 6.10 Å². The van der Waals surface area contributed by atoms with Crippen molar-refractivity contribution in [2.75, 3.05) is 0 Å². The fraction of sp³-hybridized carbons (Fsp3) is 0.850. The van der Waals surface area contributed by atoms with Gasteiger partial charge in [0.25, 0.3) is 0 Å². The SMILES string of the molecule is C[C@]12CC[C@H](O)CCC1=CCC1C2CC[C@]2(C)C(=O)CCC12. The van der Waals surface area contributed by atoms with Gasteiger partial charge < -0.3 is 5.11 Å². The van der Waals surface area contributed by atoms with Crippen LogP contribution in [0.1, 0.15) is 71.6 Å². The lowest BCUT2D eigenvalue weighted by atomic mass is 9.49. The molecule has 0 radical (unpaired) electrons. The number of Topliss-reactive ketones (excluding diaryl/α,β-unsaturated/α-hetero) is 1. The summed E-state index contributed by atoms with van der Waals surface area (Å²) < 4.78 is 0. The van der Waals surface area contributed by atoms with E-state index < -0.39 is 0 Å². The van der Waals surface area contributed by atoms with Crippen LogP contribution in [0.3, 0.4) is 0 Å². The van der Waals surface area contributed by atoms with Crippen LogP contribution in [0.15, 0.2) is 11.6 Å². The quantitative estimate of drug-likeness (QED) is 0.679. The molecule has 3 fully saturated rings. The van der Waals surface area contributed by atoms with Crippen LogP contribution in [0.5, 0.6) is 0 Å². The van der Waals surface area contributed by atoms with Gasteiger partial charge in [0.15, 0.2) is 0 Å². The summed E-state index contributed by atoms with van der Waals surface area (Å²) in [5.74, 6) is 2.59. The number of hydrogen-bond acceptors (Lipinski definition) is 2. The minimum Gasteiger partial charge on any atom is -0.393 e. The third kappa shape index (κ3) is 1.92. The van der Waals surface area contributed by atoms with Gasteiger partial charge in [-0.3, -0.25) is 4.79 Å². The van der Waals surface area contributed by atoms with E-state index in [-0.39, 0.29) is 16.9 Å². The monoisotopic (exact) mass is 302 g/mol. The number of allylic oxidation sites excluding steroid dienone is 2. The van der Waals surface area contributed by atoms with Gasteiger partial charge in [-0.2, -0.15) is 0 Å². The number of carbonyl (C=O) groups is 1. The zero-order valence-corrected chi connectivity index (χ0v) is 14.1. The third-order valence-corrected chi connectivity index (χ3v) is 8.08. The van der Waals surface area contributed by atoms with E-state index in [0.29, 0.717) is 17.6 Å². The Kier molecular flexibility index (Phi) is 3.35. The van der Waals surface area contributed by atoms with Crippen molar-refractivity contribution in [2.24, 2.45) is 28.6 Å². The minimum atomic E-state index is -0.108. The summed E-state index contributed by atoms with van der Waals surface area (Å²) in [7, 11) is 0. The zero-order valence-electron chi connectivity index (χ0n) is 14.1. The maximum atomic E-state index is 12.4. The Hall–Kier alpha value is -0.630. The van der Waals surface area contributed by atoms with Gasteiger partial charge in [-0.05, 0) is 74.5 Å². The molecule has 22 heavy (non-hydrogen) atoms. The van der Waals surface area contributed by atoms with Gasteiger partial charge in [-0.1, -0.05) is 25.5 Å². The predicted octanol–water partition coefficient (Wildman–Crippen LogP) is 4.27. The molecule has 0 aromatic rings. The Labute approximate surface area is 134 Å². The van der Waals surface area contributed by atoms with E-state index in [1.807, 2.05) is 0 Å². The van der Waals surface area contributed by atoms with E-state index in [9.17, 15) is 9.90 Å². The maximum Gasteiger partial charge on any atom is 0.139 e. The predicted molar refractivity (Wildman–Crippen MR) is 87.3 cm³/mol. The second-order valence-electron chi connectivity index (χ2n) is 8.91. The first-order valence-corrected chi connectivity index (χ1v) is 9.36. The molecule has 0 saturated heterocycles. The summed E-state index contributed by atoms with van der Waals surface area (Å²) in [6.07, 6.45) is 12.0. The highest BCUT2D eigenvalue weighted by Gasteiger charge is 2.58. The van der Waals surface area contributed by atoms with Crippen LogP contribution in [0, 0.1) is 28.6 Å². The van der Waals surface area contributed by atoms with Gasteiger partial charge in [-0.25, -0.2) is 0 Å². The summed E-state index contributed by atoms with van der Waals surface area (Å²) in [6, 6.07) is 0. The lowest BCUT2D eigenvalue weighted by Gasteiger charge is -2.55. The molecule has 1 N–H and O–H groups in total. The average molecular weight is 302 g/mol. The van der Waals surface area contributed by atoms with Crippen molar-refractivity contribution in [3.63, 3.8) is 0 Å². The first-order valence-electron chi connectivity index (χ1n) is 9.36. The fourth-order valence-electron chi connectivity index (χ4n) is 6.59. The van der Waals surface area contributed by atoms with Crippen LogP contribution in [0.25, 0.3) is 0 Å². The number of aliphatic hydroxyl groups excluding tert-OH is 1. The molecule has 0 aliphatic heterocycles. The number of rotatable bonds is 0. The summed E-state index contributed by atoms with van der Waals surface area (Å²) in [5.41, 5.74) is 1.89. The Morgan fingerprint density at radius 1 is 1.00 bits per heavy atom. The van der Waals surface area contributed by atoms with E-state index >= 15 is 0 Å². The van der Waals surface area contributed by atoms with E-state index in [0.717, 1.165) is 50.9 Å². The second kappa shape index (κ2) is 4.93. The largest absolute Gasteiger partial charge is 0.393 e. The lowest BCUT2D eigenvalue weighted by Crippen LogP contribution is -2.48. The summed E-state index contributed by atoms with van der Waals surface area (Å²) in [4.78, 5) is 12.4. The van der Waals surface area contributed by atoms with Crippen LogP contribution in [-0.4, -0.2) is 17.0 Å². The van der Waals surface area contributed by atoms with E-state index in [1.165, 1.54) is 12.8 Å². The molecule has 0 spiro atoms. The number of hydrogen-bond donors (Lipinski definition) is 1. The first-order chi connectivity index (χ1) is 10.4. The topological polar surface area (TPSA) is 37.3 Å². The number of aliphatic hydroxyl groups is 1. The van der Waals surface area contributed by atoms with Gasteiger partial charge in [0, 0.05) is 11.8 Å². The highest BCUT2D eigenvalue weighted by Crippen LogP contribution is 2.63. The Bertz CT molecular complexity index is 522. The van der Waals surface area contributed by atoms with Crippen molar-refractivity contribution >= 4 is 5.78 Å². The maximum absolute atomic E-state index is 12.4. The molecule has 0 aromatic heterocycles. The van der Waals surface area contributed by atoms with Crippen molar-refractivity contribution in [3.8, 4) is 0 Å². The van der Waals surface area contributed by atoms with Crippen LogP contribution < -0.4 is 0 Å². The molecule has 0 aromatic carbocycles. The smallest absolute Gasteiger partial charge is 0.139 e. The van der Waals surface area contributed by atoms with Gasteiger partial charge >= 0.3 is 0 Å². The second-order valence-corrected chi connectivity index (χ2v) is 8.91. The Morgan fingerprint density at radius 3 is 2.55 bits per heavy atom. The van der Waals surface area contributed by atoms with Crippen molar-refractivity contribution in [1.82, 2.24) is 0 Å². The van der Waals surface area contributed by atoms with Crippen LogP contribution in [-0.2, 0) is 4.79 Å². The van der Waals surface area contributed by atoms with Crippen molar-refractivity contribution in [2.45, 2.75) is 77.7 Å². The standard InChI is InChI=1S/C20H30O2/c1-19-11-9-14(21)5-3-13(19)4-6-15-16-7-8-18(22)20(16,2)12-10-17(15)19/h4,14-17,21H,3,5-12H2,1-2H3/t14-,15?,16?,17?,19+,20+/m1/s1. The number of fused-ring (bicyclic) bond motifs is 5. The molecule has 0 heterocycles. The van der Waals surface area contributed by atoms with Crippen molar-refractivity contribution in [1.29, 1.82) is 0 Å². The Balaban J connectivity index is 1.68. The molecule has 4 aliphatic rings. The van der Waals surface area contributed by atoms with E-state index in [4.69, 9.17) is 0 Å².